The lowest BCUT2D eigenvalue weighted by molar-refractivity contribution is 0.0650. The number of carboxylic acid groups (broad SMARTS) is 2. The molecule has 0 saturated carbocycles. The Hall–Kier alpha value is -1.84. The highest BCUT2D eigenvalue weighted by Crippen LogP contribution is 2.25. The zero-order valence-electron chi connectivity index (χ0n) is 16.7. The molecule has 4 heteroatoms. The van der Waals surface area contributed by atoms with Gasteiger partial charge in [-0.05, 0) is 54.7 Å². The molecule has 2 atom stereocenters. The van der Waals surface area contributed by atoms with Gasteiger partial charge in [0.15, 0.2) is 0 Å². The van der Waals surface area contributed by atoms with Crippen molar-refractivity contribution in [2.75, 3.05) is 0 Å². The average Bonchev–Trinajstić information content (AvgIpc) is 2.61. The number of aryl methyl sites for hydroxylation is 1. The maximum Gasteiger partial charge on any atom is 0.336 e. The highest BCUT2D eigenvalue weighted by Gasteiger charge is 2.22. The van der Waals surface area contributed by atoms with Crippen molar-refractivity contribution in [1.82, 2.24) is 0 Å². The summed E-state index contributed by atoms with van der Waals surface area (Å²) < 4.78 is 0. The first kappa shape index (κ1) is 22.2. The van der Waals surface area contributed by atoms with Gasteiger partial charge < -0.3 is 10.2 Å². The summed E-state index contributed by atoms with van der Waals surface area (Å²) >= 11 is 0. The van der Waals surface area contributed by atoms with Crippen molar-refractivity contribution in [2.24, 2.45) is 11.8 Å². The van der Waals surface area contributed by atoms with E-state index in [1.54, 1.807) is 0 Å². The van der Waals surface area contributed by atoms with E-state index < -0.39 is 11.9 Å². The summed E-state index contributed by atoms with van der Waals surface area (Å²) in [5.74, 6) is -1.05. The SMILES string of the molecule is CCC(C)CCCc1ccc(C(=O)O)c(C(=O)O)c1CCCC(C)CC. The summed E-state index contributed by atoms with van der Waals surface area (Å²) in [4.78, 5) is 23.3. The Bertz CT molecular complexity index is 606. The molecule has 2 unspecified atom stereocenters. The molecule has 0 bridgehead atoms. The fourth-order valence-electron chi connectivity index (χ4n) is 3.31. The van der Waals surface area contributed by atoms with E-state index in [4.69, 9.17) is 0 Å². The summed E-state index contributed by atoms with van der Waals surface area (Å²) in [6.07, 6.45) is 7.69. The molecule has 0 aromatic heterocycles. The first-order valence-corrected chi connectivity index (χ1v) is 9.93. The molecule has 4 nitrogen and oxygen atoms in total. The molecule has 1 rings (SSSR count). The van der Waals surface area contributed by atoms with E-state index in [-0.39, 0.29) is 11.1 Å². The number of benzene rings is 1. The predicted molar refractivity (Wildman–Crippen MR) is 105 cm³/mol. The number of carbonyl (C=O) groups is 2. The van der Waals surface area contributed by atoms with Crippen molar-refractivity contribution in [1.29, 1.82) is 0 Å². The monoisotopic (exact) mass is 362 g/mol. The zero-order chi connectivity index (χ0) is 19.7. The molecule has 0 heterocycles. The van der Waals surface area contributed by atoms with Gasteiger partial charge in [0.2, 0.25) is 0 Å². The van der Waals surface area contributed by atoms with E-state index in [1.807, 2.05) is 6.07 Å². The van der Waals surface area contributed by atoms with Gasteiger partial charge >= 0.3 is 11.9 Å². The fourth-order valence-corrected chi connectivity index (χ4v) is 3.31. The maximum atomic E-state index is 11.8. The minimum Gasteiger partial charge on any atom is -0.478 e. The van der Waals surface area contributed by atoms with Crippen molar-refractivity contribution in [3.8, 4) is 0 Å². The van der Waals surface area contributed by atoms with E-state index in [9.17, 15) is 19.8 Å². The van der Waals surface area contributed by atoms with Crippen LogP contribution in [-0.2, 0) is 12.8 Å². The van der Waals surface area contributed by atoms with Crippen molar-refractivity contribution < 1.29 is 19.8 Å². The Morgan fingerprint density at radius 1 is 0.885 bits per heavy atom. The lowest BCUT2D eigenvalue weighted by Gasteiger charge is -2.17. The first-order chi connectivity index (χ1) is 12.3. The average molecular weight is 363 g/mol. The molecular formula is C22H34O4. The molecule has 0 radical (unpaired) electrons. The van der Waals surface area contributed by atoms with Gasteiger partial charge in [0.05, 0.1) is 11.1 Å². The minimum atomic E-state index is -1.17. The third kappa shape index (κ3) is 6.47. The summed E-state index contributed by atoms with van der Waals surface area (Å²) in [5, 5.41) is 19.1. The van der Waals surface area contributed by atoms with E-state index in [0.29, 0.717) is 18.3 Å². The van der Waals surface area contributed by atoms with E-state index in [1.165, 1.54) is 6.07 Å². The summed E-state index contributed by atoms with van der Waals surface area (Å²) in [6.45, 7) is 8.75. The van der Waals surface area contributed by atoms with Crippen LogP contribution in [0.15, 0.2) is 12.1 Å². The van der Waals surface area contributed by atoms with E-state index in [0.717, 1.165) is 56.1 Å². The normalized spacial score (nSPS) is 13.4. The van der Waals surface area contributed by atoms with Gasteiger partial charge in [0, 0.05) is 0 Å². The molecule has 1 aromatic carbocycles. The molecule has 26 heavy (non-hydrogen) atoms. The van der Waals surface area contributed by atoms with Gasteiger partial charge in [-0.1, -0.05) is 59.4 Å². The number of hydrogen-bond acceptors (Lipinski definition) is 2. The second-order valence-electron chi connectivity index (χ2n) is 7.55. The molecule has 0 aliphatic carbocycles. The lowest BCUT2D eigenvalue weighted by atomic mass is 9.88. The molecule has 0 spiro atoms. The van der Waals surface area contributed by atoms with Crippen molar-refractivity contribution in [2.45, 2.75) is 79.1 Å². The van der Waals surface area contributed by atoms with E-state index in [2.05, 4.69) is 27.7 Å². The zero-order valence-corrected chi connectivity index (χ0v) is 16.7. The number of rotatable bonds is 12. The molecule has 0 amide bonds. The lowest BCUT2D eigenvalue weighted by Crippen LogP contribution is -2.14. The van der Waals surface area contributed by atoms with Crippen LogP contribution in [0.2, 0.25) is 0 Å². The van der Waals surface area contributed by atoms with Crippen LogP contribution >= 0.6 is 0 Å². The van der Waals surface area contributed by atoms with Gasteiger partial charge in [0.1, 0.15) is 0 Å². The van der Waals surface area contributed by atoms with Gasteiger partial charge in [-0.3, -0.25) is 0 Å². The van der Waals surface area contributed by atoms with Crippen LogP contribution in [0.5, 0.6) is 0 Å². The van der Waals surface area contributed by atoms with Crippen LogP contribution in [0.1, 0.15) is 98.1 Å². The van der Waals surface area contributed by atoms with Gasteiger partial charge in [-0.15, -0.1) is 0 Å². The van der Waals surface area contributed by atoms with Crippen molar-refractivity contribution in [3.05, 3.63) is 34.4 Å². The molecule has 0 saturated heterocycles. The molecule has 1 aromatic rings. The molecule has 0 aliphatic rings. The summed E-state index contributed by atoms with van der Waals surface area (Å²) in [7, 11) is 0. The van der Waals surface area contributed by atoms with Crippen LogP contribution in [0.25, 0.3) is 0 Å². The second kappa shape index (κ2) is 11.0. The summed E-state index contributed by atoms with van der Waals surface area (Å²) in [5.41, 5.74) is 1.62. The third-order valence-corrected chi connectivity index (χ3v) is 5.51. The smallest absolute Gasteiger partial charge is 0.336 e. The van der Waals surface area contributed by atoms with Gasteiger partial charge in [0.25, 0.3) is 0 Å². The number of aromatic carboxylic acids is 2. The van der Waals surface area contributed by atoms with Crippen LogP contribution in [0.4, 0.5) is 0 Å². The van der Waals surface area contributed by atoms with Crippen LogP contribution in [-0.4, -0.2) is 22.2 Å². The van der Waals surface area contributed by atoms with Crippen LogP contribution < -0.4 is 0 Å². The third-order valence-electron chi connectivity index (χ3n) is 5.51. The topological polar surface area (TPSA) is 74.6 Å². The van der Waals surface area contributed by atoms with Crippen LogP contribution in [0.3, 0.4) is 0 Å². The summed E-state index contributed by atoms with van der Waals surface area (Å²) in [6, 6.07) is 3.29. The molecule has 146 valence electrons. The molecule has 0 fully saturated rings. The van der Waals surface area contributed by atoms with Crippen molar-refractivity contribution >= 4 is 11.9 Å². The quantitative estimate of drug-likeness (QED) is 0.491. The number of hydrogen-bond donors (Lipinski definition) is 2. The van der Waals surface area contributed by atoms with Crippen LogP contribution in [0, 0.1) is 11.8 Å². The highest BCUT2D eigenvalue weighted by molar-refractivity contribution is 6.03. The Morgan fingerprint density at radius 3 is 1.88 bits per heavy atom. The molecular weight excluding hydrogens is 328 g/mol. The highest BCUT2D eigenvalue weighted by atomic mass is 16.4. The largest absolute Gasteiger partial charge is 0.478 e. The van der Waals surface area contributed by atoms with Crippen molar-refractivity contribution in [3.63, 3.8) is 0 Å². The Kier molecular flexibility index (Phi) is 9.39. The Balaban J connectivity index is 3.11. The van der Waals surface area contributed by atoms with Gasteiger partial charge in [-0.2, -0.15) is 0 Å². The fraction of sp³-hybridized carbons (Fsp3) is 0.636. The minimum absolute atomic E-state index is 0.0114. The molecule has 0 aliphatic heterocycles. The Labute approximate surface area is 157 Å². The van der Waals surface area contributed by atoms with Gasteiger partial charge in [-0.25, -0.2) is 9.59 Å². The maximum absolute atomic E-state index is 11.8. The first-order valence-electron chi connectivity index (χ1n) is 9.93. The van der Waals surface area contributed by atoms with E-state index >= 15 is 0 Å². The second-order valence-corrected chi connectivity index (χ2v) is 7.55. The number of carboxylic acids is 2. The predicted octanol–water partition coefficient (Wildman–Crippen LogP) is 5.82. The molecule has 2 N–H and O–H groups in total. The Morgan fingerprint density at radius 2 is 1.42 bits per heavy atom. The standard InChI is InChI=1S/C22H34O4/c1-5-15(3)9-7-11-17-13-14-19(21(23)24)20(22(25)26)18(17)12-8-10-16(4)6-2/h13-16H,5-12H2,1-4H3,(H,23,24)(H,25,26).